The van der Waals surface area contributed by atoms with Crippen molar-refractivity contribution in [1.82, 2.24) is 0 Å². The summed E-state index contributed by atoms with van der Waals surface area (Å²) in [4.78, 5) is 0. The highest BCUT2D eigenvalue weighted by molar-refractivity contribution is 6.30. The van der Waals surface area contributed by atoms with Gasteiger partial charge >= 0.3 is 0 Å². The Morgan fingerprint density at radius 3 is 2.50 bits per heavy atom. The summed E-state index contributed by atoms with van der Waals surface area (Å²) in [6.07, 6.45) is 7.40. The summed E-state index contributed by atoms with van der Waals surface area (Å²) in [6.45, 7) is 5.42. The maximum absolute atomic E-state index is 5.40. The number of hydrogen-bond donors (Lipinski definition) is 0. The fourth-order valence-electron chi connectivity index (χ4n) is 0.271. The molecule has 44 valence electrons. The van der Waals surface area contributed by atoms with Crippen LogP contribution in [0.3, 0.4) is 0 Å². The Kier molecular flexibility index (Phi) is 4.38. The van der Waals surface area contributed by atoms with E-state index in [0.717, 1.165) is 0 Å². The molecule has 0 heterocycles. The van der Waals surface area contributed by atoms with Crippen LogP contribution in [0.15, 0.2) is 35.9 Å². The maximum Gasteiger partial charge on any atom is 0.0334 e. The quantitative estimate of drug-likeness (QED) is 0.502. The first-order valence-corrected chi connectivity index (χ1v) is 2.79. The lowest BCUT2D eigenvalue weighted by Gasteiger charge is -1.75. The summed E-state index contributed by atoms with van der Waals surface area (Å²) in [5, 5.41) is 0.558. The smallest absolute Gasteiger partial charge is 0.0334 e. The molecule has 8 heavy (non-hydrogen) atoms. The molecule has 0 fully saturated rings. The van der Waals surface area contributed by atoms with Gasteiger partial charge in [0.2, 0.25) is 0 Å². The van der Waals surface area contributed by atoms with E-state index < -0.39 is 0 Å². The van der Waals surface area contributed by atoms with E-state index in [1.54, 1.807) is 6.08 Å². The van der Waals surface area contributed by atoms with Crippen molar-refractivity contribution >= 4 is 11.6 Å². The number of rotatable bonds is 2. The Hall–Kier alpha value is -0.490. The van der Waals surface area contributed by atoms with Crippen LogP contribution in [0.25, 0.3) is 0 Å². The van der Waals surface area contributed by atoms with Crippen LogP contribution in [0.2, 0.25) is 0 Å². The number of allylic oxidation sites excluding steroid dienone is 5. The SMILES string of the molecule is C=C(Cl)/C=C\C=C/C. The van der Waals surface area contributed by atoms with Crippen LogP contribution in [0, 0.1) is 0 Å². The van der Waals surface area contributed by atoms with Gasteiger partial charge in [-0.3, -0.25) is 0 Å². The van der Waals surface area contributed by atoms with E-state index in [2.05, 4.69) is 6.58 Å². The molecule has 0 aliphatic heterocycles. The summed E-state index contributed by atoms with van der Waals surface area (Å²) >= 11 is 5.40. The summed E-state index contributed by atoms with van der Waals surface area (Å²) in [6, 6.07) is 0. The van der Waals surface area contributed by atoms with Crippen molar-refractivity contribution in [2.24, 2.45) is 0 Å². The van der Waals surface area contributed by atoms with E-state index in [1.165, 1.54) is 0 Å². The van der Waals surface area contributed by atoms with Gasteiger partial charge in [0.15, 0.2) is 0 Å². The van der Waals surface area contributed by atoms with Crippen molar-refractivity contribution in [3.63, 3.8) is 0 Å². The summed E-state index contributed by atoms with van der Waals surface area (Å²) in [5.41, 5.74) is 0. The Morgan fingerprint density at radius 2 is 2.12 bits per heavy atom. The lowest BCUT2D eigenvalue weighted by molar-refractivity contribution is 1.73. The second-order valence-electron chi connectivity index (χ2n) is 1.33. The minimum atomic E-state index is 0.558. The molecule has 0 aromatic carbocycles. The van der Waals surface area contributed by atoms with Crippen molar-refractivity contribution in [2.75, 3.05) is 0 Å². The molecule has 0 N–H and O–H groups in total. The minimum absolute atomic E-state index is 0.558. The topological polar surface area (TPSA) is 0 Å². The van der Waals surface area contributed by atoms with Gasteiger partial charge in [0.1, 0.15) is 0 Å². The van der Waals surface area contributed by atoms with Crippen LogP contribution >= 0.6 is 11.6 Å². The Balaban J connectivity index is 3.50. The number of hydrogen-bond acceptors (Lipinski definition) is 0. The third-order valence-electron chi connectivity index (χ3n) is 0.581. The third-order valence-corrected chi connectivity index (χ3v) is 0.707. The lowest BCUT2D eigenvalue weighted by Crippen LogP contribution is -1.52. The molecule has 0 nitrogen and oxygen atoms in total. The zero-order valence-electron chi connectivity index (χ0n) is 4.89. The molecular formula is C7H9Cl. The molecule has 0 unspecified atom stereocenters. The molecule has 0 saturated carbocycles. The van der Waals surface area contributed by atoms with E-state index >= 15 is 0 Å². The van der Waals surface area contributed by atoms with Gasteiger partial charge in [-0.2, -0.15) is 0 Å². The molecule has 0 amide bonds. The van der Waals surface area contributed by atoms with E-state index in [4.69, 9.17) is 11.6 Å². The van der Waals surface area contributed by atoms with Crippen LogP contribution in [-0.2, 0) is 0 Å². The van der Waals surface area contributed by atoms with Gasteiger partial charge in [0, 0.05) is 5.03 Å². The fourth-order valence-corrected chi connectivity index (χ4v) is 0.344. The fraction of sp³-hybridized carbons (Fsp3) is 0.143. The van der Waals surface area contributed by atoms with Gasteiger partial charge in [0.25, 0.3) is 0 Å². The van der Waals surface area contributed by atoms with Crippen LogP contribution in [0.5, 0.6) is 0 Å². The normalized spacial score (nSPS) is 11.2. The molecule has 0 spiro atoms. The second kappa shape index (κ2) is 4.66. The van der Waals surface area contributed by atoms with E-state index in [-0.39, 0.29) is 0 Å². The standard InChI is InChI=1S/C7H9Cl/c1-3-4-5-6-7(2)8/h3-6H,2H2,1H3/b4-3-,6-5-. The van der Waals surface area contributed by atoms with Crippen molar-refractivity contribution in [3.05, 3.63) is 35.9 Å². The van der Waals surface area contributed by atoms with Gasteiger partial charge in [0.05, 0.1) is 0 Å². The molecule has 0 rings (SSSR count). The second-order valence-corrected chi connectivity index (χ2v) is 1.82. The Morgan fingerprint density at radius 1 is 1.50 bits per heavy atom. The van der Waals surface area contributed by atoms with Crippen molar-refractivity contribution in [3.8, 4) is 0 Å². The van der Waals surface area contributed by atoms with Crippen LogP contribution in [-0.4, -0.2) is 0 Å². The highest BCUT2D eigenvalue weighted by Gasteiger charge is 1.69. The van der Waals surface area contributed by atoms with Crippen molar-refractivity contribution in [1.29, 1.82) is 0 Å². The average molecular weight is 129 g/mol. The Labute approximate surface area is 55.2 Å². The molecule has 0 bridgehead atoms. The average Bonchev–Trinajstić information content (AvgIpc) is 1.66. The zero-order valence-corrected chi connectivity index (χ0v) is 5.65. The van der Waals surface area contributed by atoms with E-state index in [0.29, 0.717) is 5.03 Å². The van der Waals surface area contributed by atoms with Crippen LogP contribution in [0.4, 0.5) is 0 Å². The first-order valence-electron chi connectivity index (χ1n) is 2.41. The zero-order chi connectivity index (χ0) is 6.41. The molecule has 0 aromatic rings. The van der Waals surface area contributed by atoms with Gasteiger partial charge in [-0.15, -0.1) is 0 Å². The van der Waals surface area contributed by atoms with Gasteiger partial charge in [-0.25, -0.2) is 0 Å². The van der Waals surface area contributed by atoms with E-state index in [9.17, 15) is 0 Å². The number of halogens is 1. The minimum Gasteiger partial charge on any atom is -0.0877 e. The Bertz CT molecular complexity index is 120. The third kappa shape index (κ3) is 5.51. The highest BCUT2D eigenvalue weighted by atomic mass is 35.5. The molecule has 0 aliphatic carbocycles. The predicted molar refractivity (Wildman–Crippen MR) is 38.9 cm³/mol. The van der Waals surface area contributed by atoms with E-state index in [1.807, 2.05) is 25.2 Å². The summed E-state index contributed by atoms with van der Waals surface area (Å²) in [7, 11) is 0. The van der Waals surface area contributed by atoms with Gasteiger partial charge in [-0.05, 0) is 13.0 Å². The maximum atomic E-state index is 5.40. The first kappa shape index (κ1) is 7.51. The summed E-state index contributed by atoms with van der Waals surface area (Å²) < 4.78 is 0. The molecular weight excluding hydrogens is 120 g/mol. The van der Waals surface area contributed by atoms with Crippen molar-refractivity contribution in [2.45, 2.75) is 6.92 Å². The predicted octanol–water partition coefficient (Wildman–Crippen LogP) is 2.87. The molecule has 0 aromatic heterocycles. The largest absolute Gasteiger partial charge is 0.0877 e. The monoisotopic (exact) mass is 128 g/mol. The van der Waals surface area contributed by atoms with Gasteiger partial charge < -0.3 is 0 Å². The molecule has 1 heteroatoms. The lowest BCUT2D eigenvalue weighted by atomic mass is 10.4. The molecule has 0 aliphatic rings. The van der Waals surface area contributed by atoms with Crippen LogP contribution < -0.4 is 0 Å². The molecule has 0 radical (unpaired) electrons. The van der Waals surface area contributed by atoms with Crippen molar-refractivity contribution < 1.29 is 0 Å². The summed E-state index contributed by atoms with van der Waals surface area (Å²) in [5.74, 6) is 0. The van der Waals surface area contributed by atoms with Crippen LogP contribution in [0.1, 0.15) is 6.92 Å². The molecule has 0 atom stereocenters. The molecule has 0 saturated heterocycles. The first-order chi connectivity index (χ1) is 3.77. The highest BCUT2D eigenvalue weighted by Crippen LogP contribution is 1.96. The van der Waals surface area contributed by atoms with Gasteiger partial charge in [-0.1, -0.05) is 36.4 Å².